The van der Waals surface area contributed by atoms with Crippen molar-refractivity contribution in [3.05, 3.63) is 77.8 Å². The van der Waals surface area contributed by atoms with E-state index in [2.05, 4.69) is 35.3 Å². The van der Waals surface area contributed by atoms with Gasteiger partial charge in [0.2, 0.25) is 5.78 Å². The number of Topliss-reactive ketones (excluding diaryl/α,β-unsaturated/α-hetero) is 1. The summed E-state index contributed by atoms with van der Waals surface area (Å²) in [4.78, 5) is 16.4. The van der Waals surface area contributed by atoms with Gasteiger partial charge in [0, 0.05) is 12.0 Å². The number of nitrogens with zero attached hydrogens (tertiary/aromatic N) is 2. The topological polar surface area (TPSA) is 66.9 Å². The first-order valence-corrected chi connectivity index (χ1v) is 9.30. The Bertz CT molecular complexity index is 923. The molecule has 2 aromatic carbocycles. The highest BCUT2D eigenvalue weighted by molar-refractivity contribution is 5.92. The summed E-state index contributed by atoms with van der Waals surface area (Å²) < 4.78 is 5.60. The zero-order valence-corrected chi connectivity index (χ0v) is 15.2. The van der Waals surface area contributed by atoms with Crippen LogP contribution in [0, 0.1) is 11.3 Å². The quantitative estimate of drug-likeness (QED) is 0.369. The van der Waals surface area contributed by atoms with E-state index in [1.807, 2.05) is 12.1 Å². The highest BCUT2D eigenvalue weighted by Gasteiger charge is 2.14. The summed E-state index contributed by atoms with van der Waals surface area (Å²) in [6.07, 6.45) is 7.19. The molecule has 0 aliphatic rings. The Hall–Kier alpha value is -3.19. The fourth-order valence-electron chi connectivity index (χ4n) is 3.00. The smallest absolute Gasteiger partial charge is 0.263 e. The van der Waals surface area contributed by atoms with Crippen molar-refractivity contribution in [3.8, 4) is 17.4 Å². The largest absolute Gasteiger partial charge is 0.434 e. The van der Waals surface area contributed by atoms with E-state index in [1.54, 1.807) is 24.4 Å². The molecule has 1 heterocycles. The predicted molar refractivity (Wildman–Crippen MR) is 104 cm³/mol. The van der Waals surface area contributed by atoms with E-state index < -0.39 is 0 Å². The molecule has 0 aliphatic heterocycles. The number of ketones is 1. The van der Waals surface area contributed by atoms with Crippen molar-refractivity contribution in [2.24, 2.45) is 0 Å². The molecule has 4 heteroatoms. The maximum atomic E-state index is 12.3. The number of unbranched alkanes of at least 4 members (excludes halogenated alkanes) is 3. The van der Waals surface area contributed by atoms with Crippen molar-refractivity contribution < 1.29 is 9.21 Å². The fraction of sp³-hybridized carbons (Fsp3) is 0.261. The first-order valence-electron chi connectivity index (χ1n) is 9.30. The molecule has 0 saturated carbocycles. The molecule has 3 rings (SSSR count). The zero-order chi connectivity index (χ0) is 18.9. The lowest BCUT2D eigenvalue weighted by Crippen LogP contribution is -1.99. The van der Waals surface area contributed by atoms with Gasteiger partial charge in [-0.3, -0.25) is 4.79 Å². The van der Waals surface area contributed by atoms with Crippen LogP contribution in [-0.4, -0.2) is 10.8 Å². The number of carbonyl (C=O) groups excluding carboxylic acids is 1. The van der Waals surface area contributed by atoms with Crippen molar-refractivity contribution in [1.82, 2.24) is 4.98 Å². The van der Waals surface area contributed by atoms with Crippen LogP contribution in [0.25, 0.3) is 11.3 Å². The first-order chi connectivity index (χ1) is 13.3. The van der Waals surface area contributed by atoms with E-state index >= 15 is 0 Å². The van der Waals surface area contributed by atoms with E-state index in [0.29, 0.717) is 17.7 Å². The summed E-state index contributed by atoms with van der Waals surface area (Å²) in [7, 11) is 0. The van der Waals surface area contributed by atoms with Crippen LogP contribution in [0.3, 0.4) is 0 Å². The molecule has 0 aliphatic carbocycles. The second-order valence-electron chi connectivity index (χ2n) is 6.55. The minimum absolute atomic E-state index is 0.0688. The standard InChI is InChI=1S/C23H22N2O2/c24-16-19-12-8-13-20(15-19)22-17-25-23(27-22)21(26)14-7-2-1-4-9-18-10-5-3-6-11-18/h3,5-6,8,10-13,15,17H,1-2,4,7,9,14H2. The van der Waals surface area contributed by atoms with Crippen LogP contribution < -0.4 is 0 Å². The summed E-state index contributed by atoms with van der Waals surface area (Å²) in [6, 6.07) is 19.6. The van der Waals surface area contributed by atoms with Gasteiger partial charge in [0.15, 0.2) is 5.76 Å². The Kier molecular flexibility index (Phi) is 6.54. The van der Waals surface area contributed by atoms with Gasteiger partial charge in [-0.15, -0.1) is 0 Å². The van der Waals surface area contributed by atoms with Crippen LogP contribution in [0.2, 0.25) is 0 Å². The fourth-order valence-corrected chi connectivity index (χ4v) is 3.00. The number of nitriles is 1. The molecule has 0 amide bonds. The normalized spacial score (nSPS) is 10.5. The summed E-state index contributed by atoms with van der Waals surface area (Å²) in [5.74, 6) is 0.593. The Morgan fingerprint density at radius 2 is 1.81 bits per heavy atom. The average molecular weight is 358 g/mol. The van der Waals surface area contributed by atoms with E-state index in [-0.39, 0.29) is 11.7 Å². The van der Waals surface area contributed by atoms with Gasteiger partial charge in [0.25, 0.3) is 5.89 Å². The van der Waals surface area contributed by atoms with Crippen LogP contribution in [0.5, 0.6) is 0 Å². The Morgan fingerprint density at radius 3 is 2.63 bits per heavy atom. The van der Waals surface area contributed by atoms with E-state index in [4.69, 9.17) is 9.68 Å². The second kappa shape index (κ2) is 9.49. The van der Waals surface area contributed by atoms with Gasteiger partial charge in [0.1, 0.15) is 0 Å². The molecule has 0 unspecified atom stereocenters. The number of hydrogen-bond acceptors (Lipinski definition) is 4. The third-order valence-corrected chi connectivity index (χ3v) is 4.48. The van der Waals surface area contributed by atoms with Crippen LogP contribution in [-0.2, 0) is 6.42 Å². The number of hydrogen-bond donors (Lipinski definition) is 0. The van der Waals surface area contributed by atoms with Gasteiger partial charge in [-0.1, -0.05) is 55.3 Å². The van der Waals surface area contributed by atoms with Gasteiger partial charge in [-0.25, -0.2) is 4.98 Å². The van der Waals surface area contributed by atoms with Gasteiger partial charge in [-0.05, 0) is 37.0 Å². The molecule has 27 heavy (non-hydrogen) atoms. The number of carbonyl (C=O) groups is 1. The van der Waals surface area contributed by atoms with Crippen LogP contribution in [0.4, 0.5) is 0 Å². The highest BCUT2D eigenvalue weighted by Crippen LogP contribution is 2.22. The average Bonchev–Trinajstić information content (AvgIpc) is 3.22. The molecule has 0 fully saturated rings. The molecule has 0 radical (unpaired) electrons. The van der Waals surface area contributed by atoms with Crippen molar-refractivity contribution in [2.75, 3.05) is 0 Å². The van der Waals surface area contributed by atoms with Gasteiger partial charge >= 0.3 is 0 Å². The molecule has 0 atom stereocenters. The molecule has 1 aromatic heterocycles. The lowest BCUT2D eigenvalue weighted by atomic mass is 10.0. The molecule has 0 spiro atoms. The molecule has 136 valence electrons. The Balaban J connectivity index is 1.42. The number of oxazole rings is 1. The summed E-state index contributed by atoms with van der Waals surface area (Å²) in [6.45, 7) is 0. The highest BCUT2D eigenvalue weighted by atomic mass is 16.4. The molecule has 4 nitrogen and oxygen atoms in total. The number of rotatable bonds is 9. The first kappa shape index (κ1) is 18.6. The van der Waals surface area contributed by atoms with Crippen molar-refractivity contribution in [1.29, 1.82) is 5.26 Å². The van der Waals surface area contributed by atoms with E-state index in [9.17, 15) is 4.79 Å². The predicted octanol–water partition coefficient (Wildman–Crippen LogP) is 5.59. The number of aromatic nitrogens is 1. The summed E-state index contributed by atoms with van der Waals surface area (Å²) in [5.41, 5.74) is 2.66. The maximum absolute atomic E-state index is 12.3. The monoisotopic (exact) mass is 358 g/mol. The minimum atomic E-state index is -0.0688. The SMILES string of the molecule is N#Cc1cccc(-c2cnc(C(=O)CCCCCCc3ccccc3)o2)c1. The van der Waals surface area contributed by atoms with E-state index in [0.717, 1.165) is 37.7 Å². The zero-order valence-electron chi connectivity index (χ0n) is 15.2. The lowest BCUT2D eigenvalue weighted by molar-refractivity contribution is 0.0946. The molecular weight excluding hydrogens is 336 g/mol. The molecular formula is C23H22N2O2. The van der Waals surface area contributed by atoms with Gasteiger partial charge in [0.05, 0.1) is 17.8 Å². The van der Waals surface area contributed by atoms with Gasteiger partial charge in [-0.2, -0.15) is 5.26 Å². The van der Waals surface area contributed by atoms with Crippen molar-refractivity contribution >= 4 is 5.78 Å². The second-order valence-corrected chi connectivity index (χ2v) is 6.55. The molecule has 0 saturated heterocycles. The molecule has 0 bridgehead atoms. The number of aryl methyl sites for hydroxylation is 1. The Labute approximate surface area is 159 Å². The van der Waals surface area contributed by atoms with E-state index in [1.165, 1.54) is 5.56 Å². The van der Waals surface area contributed by atoms with Gasteiger partial charge < -0.3 is 4.42 Å². The van der Waals surface area contributed by atoms with Crippen molar-refractivity contribution in [3.63, 3.8) is 0 Å². The Morgan fingerprint density at radius 1 is 1.00 bits per heavy atom. The minimum Gasteiger partial charge on any atom is -0.434 e. The lowest BCUT2D eigenvalue weighted by Gasteiger charge is -2.01. The third-order valence-electron chi connectivity index (χ3n) is 4.48. The third kappa shape index (κ3) is 5.39. The summed E-state index contributed by atoms with van der Waals surface area (Å²) in [5, 5.41) is 8.98. The van der Waals surface area contributed by atoms with Crippen LogP contribution in [0.15, 0.2) is 65.2 Å². The molecule has 0 N–H and O–H groups in total. The van der Waals surface area contributed by atoms with Crippen LogP contribution in [0.1, 0.15) is 53.9 Å². The molecule has 3 aromatic rings. The maximum Gasteiger partial charge on any atom is 0.263 e. The van der Waals surface area contributed by atoms with Crippen LogP contribution >= 0.6 is 0 Å². The van der Waals surface area contributed by atoms with Crippen molar-refractivity contribution in [2.45, 2.75) is 38.5 Å². The summed E-state index contributed by atoms with van der Waals surface area (Å²) >= 11 is 0. The number of benzene rings is 2.